The van der Waals surface area contributed by atoms with Crippen molar-refractivity contribution in [3.05, 3.63) is 16.4 Å². The summed E-state index contributed by atoms with van der Waals surface area (Å²) in [7, 11) is 2.02. The molecule has 1 saturated carbocycles. The van der Waals surface area contributed by atoms with E-state index in [4.69, 9.17) is 4.74 Å². The molecule has 0 spiro atoms. The van der Waals surface area contributed by atoms with E-state index in [0.717, 1.165) is 30.5 Å². The van der Waals surface area contributed by atoms with Gasteiger partial charge in [-0.25, -0.2) is 0 Å². The molecule has 2 rings (SSSR count). The summed E-state index contributed by atoms with van der Waals surface area (Å²) < 4.78 is 9.33. The number of likely N-dealkylation sites (N-methyl/N-ethyl adjacent to an activating group) is 1. The lowest BCUT2D eigenvalue weighted by Gasteiger charge is -2.37. The van der Waals surface area contributed by atoms with Gasteiger partial charge in [-0.3, -0.25) is 4.68 Å². The van der Waals surface area contributed by atoms with Crippen LogP contribution in [0.25, 0.3) is 0 Å². The quantitative estimate of drug-likeness (QED) is 0.870. The summed E-state index contributed by atoms with van der Waals surface area (Å²) >= 11 is 3.64. The van der Waals surface area contributed by atoms with Crippen molar-refractivity contribution < 1.29 is 4.74 Å². The molecule has 1 heterocycles. The number of aryl methyl sites for hydroxylation is 1. The molecule has 1 aromatic rings. The number of nitrogens with zero attached hydrogens (tertiary/aromatic N) is 2. The first-order chi connectivity index (χ1) is 9.18. The van der Waals surface area contributed by atoms with E-state index in [1.165, 1.54) is 18.5 Å². The van der Waals surface area contributed by atoms with Gasteiger partial charge in [-0.2, -0.15) is 5.10 Å². The largest absolute Gasteiger partial charge is 0.373 e. The predicted molar refractivity (Wildman–Crippen MR) is 80.2 cm³/mol. The van der Waals surface area contributed by atoms with Crippen LogP contribution in [0.4, 0.5) is 0 Å². The van der Waals surface area contributed by atoms with Crippen LogP contribution in [0, 0.1) is 0 Å². The molecule has 0 aromatic carbocycles. The Hall–Kier alpha value is -0.390. The highest BCUT2D eigenvalue weighted by Crippen LogP contribution is 2.44. The molecule has 0 bridgehead atoms. The Labute approximate surface area is 124 Å². The first kappa shape index (κ1) is 15.0. The summed E-state index contributed by atoms with van der Waals surface area (Å²) in [4.78, 5) is 0. The lowest BCUT2D eigenvalue weighted by molar-refractivity contribution is -0.0630. The fourth-order valence-electron chi connectivity index (χ4n) is 3.34. The zero-order chi connectivity index (χ0) is 13.9. The van der Waals surface area contributed by atoms with E-state index in [0.29, 0.717) is 0 Å². The third-order valence-electron chi connectivity index (χ3n) is 4.10. The van der Waals surface area contributed by atoms with Gasteiger partial charge in [0.25, 0.3) is 0 Å². The van der Waals surface area contributed by atoms with Crippen molar-refractivity contribution in [2.24, 2.45) is 0 Å². The summed E-state index contributed by atoms with van der Waals surface area (Å²) in [6.45, 7) is 5.84. The van der Waals surface area contributed by atoms with Gasteiger partial charge in [0.05, 0.1) is 28.0 Å². The molecule has 1 N–H and O–H groups in total. The molecule has 0 aliphatic heterocycles. The van der Waals surface area contributed by atoms with Crippen LogP contribution in [0.3, 0.4) is 0 Å². The number of ether oxygens (including phenoxy) is 1. The molecule has 1 aliphatic rings. The normalized spacial score (nSPS) is 19.8. The van der Waals surface area contributed by atoms with Crippen molar-refractivity contribution in [2.45, 2.75) is 57.7 Å². The van der Waals surface area contributed by atoms with Gasteiger partial charge in [0.1, 0.15) is 0 Å². The number of hydrogen-bond donors (Lipinski definition) is 1. The van der Waals surface area contributed by atoms with Crippen molar-refractivity contribution >= 4 is 15.9 Å². The minimum Gasteiger partial charge on any atom is -0.373 e. The second-order valence-electron chi connectivity index (χ2n) is 5.12. The second kappa shape index (κ2) is 6.37. The highest BCUT2D eigenvalue weighted by atomic mass is 79.9. The number of nitrogens with one attached hydrogen (secondary N) is 1. The molecule has 108 valence electrons. The van der Waals surface area contributed by atoms with E-state index >= 15 is 0 Å². The van der Waals surface area contributed by atoms with Crippen molar-refractivity contribution in [1.29, 1.82) is 0 Å². The van der Waals surface area contributed by atoms with Gasteiger partial charge in [0.2, 0.25) is 0 Å². The Balaban J connectivity index is 2.39. The number of hydrogen-bond acceptors (Lipinski definition) is 3. The average molecular weight is 330 g/mol. The monoisotopic (exact) mass is 329 g/mol. The van der Waals surface area contributed by atoms with E-state index < -0.39 is 0 Å². The van der Waals surface area contributed by atoms with Gasteiger partial charge in [-0.05, 0) is 49.7 Å². The van der Waals surface area contributed by atoms with Crippen LogP contribution >= 0.6 is 15.9 Å². The van der Waals surface area contributed by atoms with Crippen LogP contribution in [-0.2, 0) is 11.3 Å². The van der Waals surface area contributed by atoms with Gasteiger partial charge < -0.3 is 10.1 Å². The summed E-state index contributed by atoms with van der Waals surface area (Å²) in [5, 5.41) is 7.91. The lowest BCUT2D eigenvalue weighted by atomic mass is 9.89. The average Bonchev–Trinajstić information content (AvgIpc) is 3.00. The first-order valence-electron chi connectivity index (χ1n) is 7.21. The van der Waals surface area contributed by atoms with Gasteiger partial charge in [0, 0.05) is 13.2 Å². The van der Waals surface area contributed by atoms with E-state index in [1.54, 1.807) is 0 Å². The standard InChI is InChI=1S/C14H24BrN3O/c1-4-18-12(11(15)10-17-18)13(16-3)14(19-5-2)8-6-7-9-14/h10,13,16H,4-9H2,1-3H3. The van der Waals surface area contributed by atoms with E-state index in [9.17, 15) is 0 Å². The molecular formula is C14H24BrN3O. The molecule has 0 radical (unpaired) electrons. The van der Waals surface area contributed by atoms with Gasteiger partial charge in [-0.1, -0.05) is 12.8 Å². The van der Waals surface area contributed by atoms with Crippen LogP contribution in [-0.4, -0.2) is 29.0 Å². The third kappa shape index (κ3) is 2.73. The van der Waals surface area contributed by atoms with Gasteiger partial charge >= 0.3 is 0 Å². The fourth-order valence-corrected chi connectivity index (χ4v) is 3.86. The fraction of sp³-hybridized carbons (Fsp3) is 0.786. The molecule has 1 unspecified atom stereocenters. The predicted octanol–water partition coefficient (Wildman–Crippen LogP) is 3.28. The molecule has 0 saturated heterocycles. The summed E-state index contributed by atoms with van der Waals surface area (Å²) in [6.07, 6.45) is 6.62. The molecule has 1 aliphatic carbocycles. The Morgan fingerprint density at radius 3 is 2.68 bits per heavy atom. The Morgan fingerprint density at radius 2 is 2.16 bits per heavy atom. The molecule has 1 atom stereocenters. The molecule has 1 fully saturated rings. The number of aromatic nitrogens is 2. The zero-order valence-electron chi connectivity index (χ0n) is 12.1. The number of rotatable bonds is 6. The zero-order valence-corrected chi connectivity index (χ0v) is 13.7. The maximum Gasteiger partial charge on any atom is 0.0891 e. The summed E-state index contributed by atoms with van der Waals surface area (Å²) in [5.41, 5.74) is 1.12. The van der Waals surface area contributed by atoms with E-state index in [2.05, 4.69) is 44.9 Å². The van der Waals surface area contributed by atoms with Gasteiger partial charge in [0.15, 0.2) is 0 Å². The molecule has 0 amide bonds. The minimum atomic E-state index is -0.0844. The molecular weight excluding hydrogens is 306 g/mol. The maximum absolute atomic E-state index is 6.20. The van der Waals surface area contributed by atoms with Crippen molar-refractivity contribution in [1.82, 2.24) is 15.1 Å². The van der Waals surface area contributed by atoms with Crippen molar-refractivity contribution in [2.75, 3.05) is 13.7 Å². The summed E-state index contributed by atoms with van der Waals surface area (Å²) in [5.74, 6) is 0. The highest BCUT2D eigenvalue weighted by Gasteiger charge is 2.44. The summed E-state index contributed by atoms with van der Waals surface area (Å²) in [6, 6.07) is 0.187. The van der Waals surface area contributed by atoms with E-state index in [-0.39, 0.29) is 11.6 Å². The SMILES string of the molecule is CCOC1(C(NC)c2c(Br)cnn2CC)CCCC1. The minimum absolute atomic E-state index is 0.0844. The van der Waals surface area contributed by atoms with E-state index in [1.807, 2.05) is 13.2 Å². The molecule has 5 heteroatoms. The van der Waals surface area contributed by atoms with Crippen LogP contribution in [0.15, 0.2) is 10.7 Å². The molecule has 4 nitrogen and oxygen atoms in total. The van der Waals surface area contributed by atoms with Crippen LogP contribution in [0.5, 0.6) is 0 Å². The van der Waals surface area contributed by atoms with Crippen LogP contribution in [0.2, 0.25) is 0 Å². The van der Waals surface area contributed by atoms with Crippen molar-refractivity contribution in [3.63, 3.8) is 0 Å². The maximum atomic E-state index is 6.20. The third-order valence-corrected chi connectivity index (χ3v) is 4.71. The Bertz CT molecular complexity index is 413. The molecule has 19 heavy (non-hydrogen) atoms. The Kier molecular flexibility index (Phi) is 5.03. The first-order valence-corrected chi connectivity index (χ1v) is 8.00. The van der Waals surface area contributed by atoms with Crippen LogP contribution < -0.4 is 5.32 Å². The number of halogens is 1. The smallest absolute Gasteiger partial charge is 0.0891 e. The molecule has 1 aromatic heterocycles. The topological polar surface area (TPSA) is 39.1 Å². The second-order valence-corrected chi connectivity index (χ2v) is 5.97. The van der Waals surface area contributed by atoms with Crippen LogP contribution in [0.1, 0.15) is 51.3 Å². The van der Waals surface area contributed by atoms with Gasteiger partial charge in [-0.15, -0.1) is 0 Å². The highest BCUT2D eigenvalue weighted by molar-refractivity contribution is 9.10. The Morgan fingerprint density at radius 1 is 1.47 bits per heavy atom. The van der Waals surface area contributed by atoms with Crippen molar-refractivity contribution in [3.8, 4) is 0 Å². The lowest BCUT2D eigenvalue weighted by Crippen LogP contribution is -2.44.